The number of methoxy groups -OCH3 is 1. The van der Waals surface area contributed by atoms with Crippen LogP contribution < -0.4 is 20.1 Å². The Morgan fingerprint density at radius 2 is 1.65 bits per heavy atom. The number of nitrogens with one attached hydrogen (secondary N) is 2. The zero-order chi connectivity index (χ0) is 30.2. The molecule has 226 valence electrons. The number of hydrogen-bond donors (Lipinski definition) is 2. The Morgan fingerprint density at radius 1 is 0.907 bits per heavy atom. The summed E-state index contributed by atoms with van der Waals surface area (Å²) >= 11 is 0. The number of piperidine rings is 2. The van der Waals surface area contributed by atoms with Gasteiger partial charge in [-0.2, -0.15) is 0 Å². The van der Waals surface area contributed by atoms with Gasteiger partial charge in [0.05, 0.1) is 12.7 Å². The molecular formula is C33H39N5O5. The number of nitrogens with zero attached hydrogens (tertiary/aromatic N) is 3. The summed E-state index contributed by atoms with van der Waals surface area (Å²) < 4.78 is 11.3. The van der Waals surface area contributed by atoms with Gasteiger partial charge in [0.2, 0.25) is 5.91 Å². The molecule has 0 aliphatic carbocycles. The Bertz CT molecular complexity index is 1400. The molecule has 0 spiro atoms. The van der Waals surface area contributed by atoms with E-state index in [4.69, 9.17) is 9.47 Å². The van der Waals surface area contributed by atoms with Gasteiger partial charge >= 0.3 is 0 Å². The number of hydrogen-bond acceptors (Lipinski definition) is 7. The lowest BCUT2D eigenvalue weighted by Gasteiger charge is -2.32. The monoisotopic (exact) mass is 585 g/mol. The standard InChI is InChI=1S/C33H39N5O5/c1-23(39)35-27-4-3-5-30(20-27)43-29-14-18-38(19-15-29)33(41)31-11-8-25(21-34-31)32(40)36-26-12-16-37(17-13-26)22-24-6-9-28(42-2)10-7-24/h3-11,20-21,26,29H,12-19,22H2,1-2H3,(H,35,39)(H,36,40). The molecule has 2 aromatic carbocycles. The second-order valence-corrected chi connectivity index (χ2v) is 11.1. The molecule has 2 fully saturated rings. The van der Waals surface area contributed by atoms with Crippen molar-refractivity contribution in [2.45, 2.75) is 51.3 Å². The van der Waals surface area contributed by atoms with E-state index in [9.17, 15) is 14.4 Å². The van der Waals surface area contributed by atoms with Crippen LogP contribution in [0.2, 0.25) is 0 Å². The fourth-order valence-corrected chi connectivity index (χ4v) is 5.53. The van der Waals surface area contributed by atoms with Crippen LogP contribution in [0.25, 0.3) is 0 Å². The quantitative estimate of drug-likeness (QED) is 0.388. The van der Waals surface area contributed by atoms with Gasteiger partial charge in [0.25, 0.3) is 11.8 Å². The molecule has 3 heterocycles. The van der Waals surface area contributed by atoms with Gasteiger partial charge in [-0.15, -0.1) is 0 Å². The van der Waals surface area contributed by atoms with Crippen molar-refractivity contribution < 1.29 is 23.9 Å². The number of ether oxygens (including phenoxy) is 2. The first-order valence-electron chi connectivity index (χ1n) is 14.8. The van der Waals surface area contributed by atoms with E-state index in [0.29, 0.717) is 48.6 Å². The topological polar surface area (TPSA) is 113 Å². The van der Waals surface area contributed by atoms with E-state index < -0.39 is 0 Å². The zero-order valence-corrected chi connectivity index (χ0v) is 24.8. The number of amides is 3. The highest BCUT2D eigenvalue weighted by Gasteiger charge is 2.26. The smallest absolute Gasteiger partial charge is 0.272 e. The lowest BCUT2D eigenvalue weighted by molar-refractivity contribution is -0.114. The lowest BCUT2D eigenvalue weighted by atomic mass is 10.0. The number of benzene rings is 2. The normalized spacial score (nSPS) is 16.4. The number of anilines is 1. The van der Waals surface area contributed by atoms with Crippen molar-refractivity contribution in [3.05, 3.63) is 83.7 Å². The molecule has 3 amide bonds. The Labute approximate surface area is 252 Å². The summed E-state index contributed by atoms with van der Waals surface area (Å²) in [5.41, 5.74) is 2.70. The van der Waals surface area contributed by atoms with Crippen LogP contribution >= 0.6 is 0 Å². The van der Waals surface area contributed by atoms with Gasteiger partial charge in [-0.1, -0.05) is 18.2 Å². The minimum Gasteiger partial charge on any atom is -0.497 e. The van der Waals surface area contributed by atoms with Crippen LogP contribution in [-0.4, -0.2) is 77.9 Å². The molecule has 2 N–H and O–H groups in total. The first-order valence-corrected chi connectivity index (χ1v) is 14.8. The van der Waals surface area contributed by atoms with Crippen LogP contribution in [0.5, 0.6) is 11.5 Å². The molecule has 10 nitrogen and oxygen atoms in total. The zero-order valence-electron chi connectivity index (χ0n) is 24.8. The molecule has 2 saturated heterocycles. The van der Waals surface area contributed by atoms with Crippen LogP contribution in [0, 0.1) is 0 Å². The maximum atomic E-state index is 13.1. The first-order chi connectivity index (χ1) is 20.9. The number of likely N-dealkylation sites (tertiary alicyclic amines) is 2. The summed E-state index contributed by atoms with van der Waals surface area (Å²) in [5.74, 6) is 1.09. The van der Waals surface area contributed by atoms with Crippen molar-refractivity contribution in [1.82, 2.24) is 20.1 Å². The van der Waals surface area contributed by atoms with Crippen molar-refractivity contribution in [1.29, 1.82) is 0 Å². The van der Waals surface area contributed by atoms with Crippen LogP contribution in [0.4, 0.5) is 5.69 Å². The number of rotatable bonds is 9. The van der Waals surface area contributed by atoms with E-state index in [1.807, 2.05) is 30.3 Å². The Balaban J connectivity index is 1.05. The fourth-order valence-electron chi connectivity index (χ4n) is 5.53. The van der Waals surface area contributed by atoms with Crippen molar-refractivity contribution >= 4 is 23.4 Å². The van der Waals surface area contributed by atoms with Gasteiger partial charge in [0.15, 0.2) is 0 Å². The molecular weight excluding hydrogens is 546 g/mol. The molecule has 2 aliphatic heterocycles. The molecule has 0 radical (unpaired) electrons. The molecule has 2 aliphatic rings. The summed E-state index contributed by atoms with van der Waals surface area (Å²) in [7, 11) is 1.67. The van der Waals surface area contributed by atoms with Crippen molar-refractivity contribution in [3.8, 4) is 11.5 Å². The lowest BCUT2D eigenvalue weighted by Crippen LogP contribution is -2.44. The summed E-state index contributed by atoms with van der Waals surface area (Å²) in [5, 5.41) is 5.89. The minimum absolute atomic E-state index is 0.0232. The van der Waals surface area contributed by atoms with Crippen LogP contribution in [0.3, 0.4) is 0 Å². The molecule has 0 bridgehead atoms. The van der Waals surface area contributed by atoms with Crippen molar-refractivity contribution in [2.24, 2.45) is 0 Å². The van der Waals surface area contributed by atoms with Crippen LogP contribution in [-0.2, 0) is 11.3 Å². The molecule has 0 unspecified atom stereocenters. The SMILES string of the molecule is COc1ccc(CN2CCC(NC(=O)c3ccc(C(=O)N4CCC(Oc5cccc(NC(C)=O)c5)CC4)nc3)CC2)cc1. The summed E-state index contributed by atoms with van der Waals surface area (Å²) in [6, 6.07) is 18.8. The fraction of sp³-hybridized carbons (Fsp3) is 0.394. The van der Waals surface area contributed by atoms with Gasteiger partial charge in [-0.25, -0.2) is 0 Å². The minimum atomic E-state index is -0.166. The predicted octanol–water partition coefficient (Wildman–Crippen LogP) is 4.13. The van der Waals surface area contributed by atoms with Crippen LogP contribution in [0.15, 0.2) is 66.9 Å². The second kappa shape index (κ2) is 14.2. The van der Waals surface area contributed by atoms with Gasteiger partial charge < -0.3 is 25.0 Å². The summed E-state index contributed by atoms with van der Waals surface area (Å²) in [4.78, 5) is 45.8. The van der Waals surface area contributed by atoms with E-state index in [1.54, 1.807) is 30.2 Å². The second-order valence-electron chi connectivity index (χ2n) is 11.1. The number of pyridine rings is 1. The van der Waals surface area contributed by atoms with Crippen molar-refractivity contribution in [2.75, 3.05) is 38.6 Å². The summed E-state index contributed by atoms with van der Waals surface area (Å²) in [6.07, 6.45) is 4.60. The van der Waals surface area contributed by atoms with E-state index >= 15 is 0 Å². The average molecular weight is 586 g/mol. The number of aromatic nitrogens is 1. The first kappa shape index (κ1) is 30.0. The number of carbonyl (C=O) groups is 3. The highest BCUT2D eigenvalue weighted by Crippen LogP contribution is 2.23. The maximum absolute atomic E-state index is 13.1. The van der Waals surface area contributed by atoms with E-state index in [2.05, 4.69) is 32.7 Å². The molecule has 1 aromatic heterocycles. The van der Waals surface area contributed by atoms with E-state index in [-0.39, 0.29) is 29.9 Å². The molecule has 5 rings (SSSR count). The van der Waals surface area contributed by atoms with Gasteiger partial charge in [0, 0.05) is 76.5 Å². The average Bonchev–Trinajstić information content (AvgIpc) is 3.02. The Kier molecular flexibility index (Phi) is 9.88. The van der Waals surface area contributed by atoms with Gasteiger partial charge in [-0.3, -0.25) is 24.3 Å². The Morgan fingerprint density at radius 3 is 2.30 bits per heavy atom. The maximum Gasteiger partial charge on any atom is 0.272 e. The highest BCUT2D eigenvalue weighted by molar-refractivity contribution is 5.96. The molecule has 0 atom stereocenters. The molecule has 43 heavy (non-hydrogen) atoms. The van der Waals surface area contributed by atoms with E-state index in [1.165, 1.54) is 18.7 Å². The van der Waals surface area contributed by atoms with Crippen LogP contribution in [0.1, 0.15) is 59.0 Å². The molecule has 10 heteroatoms. The third kappa shape index (κ3) is 8.32. The third-order valence-corrected chi connectivity index (χ3v) is 7.92. The van der Waals surface area contributed by atoms with E-state index in [0.717, 1.165) is 38.2 Å². The Hall–Kier alpha value is -4.44. The summed E-state index contributed by atoms with van der Waals surface area (Å²) in [6.45, 7) is 5.27. The van der Waals surface area contributed by atoms with Crippen molar-refractivity contribution in [3.63, 3.8) is 0 Å². The highest BCUT2D eigenvalue weighted by atomic mass is 16.5. The largest absolute Gasteiger partial charge is 0.497 e. The molecule has 3 aromatic rings. The predicted molar refractivity (Wildman–Crippen MR) is 163 cm³/mol. The van der Waals surface area contributed by atoms with Gasteiger partial charge in [0.1, 0.15) is 23.3 Å². The number of carbonyl (C=O) groups excluding carboxylic acids is 3. The van der Waals surface area contributed by atoms with Gasteiger partial charge in [-0.05, 0) is 54.8 Å². The third-order valence-electron chi connectivity index (χ3n) is 7.92. The molecule has 0 saturated carbocycles.